The summed E-state index contributed by atoms with van der Waals surface area (Å²) in [5.41, 5.74) is 3.19. The van der Waals surface area contributed by atoms with Gasteiger partial charge in [0.1, 0.15) is 18.1 Å². The molecule has 2 aromatic carbocycles. The smallest absolute Gasteiger partial charge is 0.238 e. The second kappa shape index (κ2) is 7.27. The molecular formula is C23H23N6O2S+. The number of hydrogen-bond acceptors (Lipinski definition) is 5. The lowest BCUT2D eigenvalue weighted by Crippen LogP contribution is -2.37. The SMILES string of the molecule is C[N+]1(c2cnc[nH]2)C=CNc2cc(C3(c4cccc(S(N)(=O)=O)c4)C=NC=CC3)ccc21. The summed E-state index contributed by atoms with van der Waals surface area (Å²) in [6, 6.07) is 13.0. The van der Waals surface area contributed by atoms with Gasteiger partial charge in [0.2, 0.25) is 15.8 Å². The van der Waals surface area contributed by atoms with Gasteiger partial charge < -0.3 is 5.32 Å². The fraction of sp³-hybridized carbons (Fsp3) is 0.130. The first-order valence-corrected chi connectivity index (χ1v) is 11.6. The minimum Gasteiger partial charge on any atom is -0.352 e. The second-order valence-electron chi connectivity index (χ2n) is 8.12. The van der Waals surface area contributed by atoms with Crippen molar-refractivity contribution in [3.8, 4) is 0 Å². The van der Waals surface area contributed by atoms with Gasteiger partial charge in [-0.15, -0.1) is 0 Å². The number of aromatic nitrogens is 2. The molecular weight excluding hydrogens is 424 g/mol. The van der Waals surface area contributed by atoms with Crippen molar-refractivity contribution in [3.63, 3.8) is 0 Å². The highest BCUT2D eigenvalue weighted by Crippen LogP contribution is 2.44. The Hall–Kier alpha value is -3.53. The van der Waals surface area contributed by atoms with Crippen molar-refractivity contribution in [2.75, 3.05) is 12.4 Å². The number of imidazole rings is 1. The van der Waals surface area contributed by atoms with Crippen LogP contribution in [0.15, 0.2) is 89.6 Å². The molecule has 0 aliphatic carbocycles. The molecule has 2 aliphatic heterocycles. The molecule has 32 heavy (non-hydrogen) atoms. The Labute approximate surface area is 186 Å². The fourth-order valence-electron chi connectivity index (χ4n) is 4.43. The lowest BCUT2D eigenvalue weighted by molar-refractivity contribution is 0.591. The van der Waals surface area contributed by atoms with Crippen molar-refractivity contribution in [3.05, 3.63) is 90.8 Å². The van der Waals surface area contributed by atoms with Gasteiger partial charge in [0.05, 0.1) is 29.9 Å². The Morgan fingerprint density at radius 1 is 1.16 bits per heavy atom. The highest BCUT2D eigenvalue weighted by molar-refractivity contribution is 7.89. The molecule has 162 valence electrons. The Kier molecular flexibility index (Phi) is 4.63. The molecule has 1 aromatic heterocycles. The molecule has 0 saturated carbocycles. The average molecular weight is 448 g/mol. The van der Waals surface area contributed by atoms with E-state index >= 15 is 0 Å². The van der Waals surface area contributed by atoms with Crippen LogP contribution in [0.4, 0.5) is 17.2 Å². The highest BCUT2D eigenvalue weighted by Gasteiger charge is 2.37. The largest absolute Gasteiger partial charge is 0.352 e. The first kappa shape index (κ1) is 20.4. The predicted molar refractivity (Wildman–Crippen MR) is 126 cm³/mol. The minimum atomic E-state index is -3.82. The van der Waals surface area contributed by atoms with Gasteiger partial charge in [-0.25, -0.2) is 23.0 Å². The van der Waals surface area contributed by atoms with Crippen molar-refractivity contribution >= 4 is 33.4 Å². The maximum Gasteiger partial charge on any atom is 0.238 e. The molecule has 0 fully saturated rings. The lowest BCUT2D eigenvalue weighted by atomic mass is 9.72. The Bertz CT molecular complexity index is 1380. The van der Waals surface area contributed by atoms with E-state index in [9.17, 15) is 8.42 Å². The molecule has 0 spiro atoms. The first-order chi connectivity index (χ1) is 15.3. The number of primary sulfonamides is 1. The van der Waals surface area contributed by atoms with E-state index in [1.807, 2.05) is 37.0 Å². The molecule has 8 nitrogen and oxygen atoms in total. The van der Waals surface area contributed by atoms with Gasteiger partial charge in [-0.1, -0.05) is 24.3 Å². The number of nitrogens with one attached hydrogen (secondary N) is 2. The van der Waals surface area contributed by atoms with Crippen molar-refractivity contribution in [1.29, 1.82) is 0 Å². The zero-order chi connectivity index (χ0) is 22.4. The molecule has 0 radical (unpaired) electrons. The number of aliphatic imine (C=N–C) groups is 1. The van der Waals surface area contributed by atoms with Gasteiger partial charge in [-0.2, -0.15) is 0 Å². The van der Waals surface area contributed by atoms with Crippen molar-refractivity contribution in [1.82, 2.24) is 14.5 Å². The number of aromatic amines is 1. The van der Waals surface area contributed by atoms with Crippen molar-refractivity contribution in [2.45, 2.75) is 16.7 Å². The van der Waals surface area contributed by atoms with E-state index in [0.717, 1.165) is 28.3 Å². The second-order valence-corrected chi connectivity index (χ2v) is 9.68. The molecule has 4 N–H and O–H groups in total. The summed E-state index contributed by atoms with van der Waals surface area (Å²) >= 11 is 0. The number of fused-ring (bicyclic) bond motifs is 1. The number of benzene rings is 2. The number of allylic oxidation sites excluding steroid dienone is 1. The van der Waals surface area contributed by atoms with Gasteiger partial charge in [0.15, 0.2) is 5.69 Å². The number of sulfonamides is 1. The van der Waals surface area contributed by atoms with Gasteiger partial charge in [0.25, 0.3) is 0 Å². The number of rotatable bonds is 4. The number of H-pyrrole nitrogens is 1. The third-order valence-corrected chi connectivity index (χ3v) is 7.12. The molecule has 3 heterocycles. The average Bonchev–Trinajstić information content (AvgIpc) is 3.35. The molecule has 2 aliphatic rings. The Balaban J connectivity index is 1.66. The van der Waals surface area contributed by atoms with Crippen molar-refractivity contribution < 1.29 is 8.42 Å². The molecule has 9 heteroatoms. The van der Waals surface area contributed by atoms with Crippen LogP contribution in [0.25, 0.3) is 0 Å². The summed E-state index contributed by atoms with van der Waals surface area (Å²) in [6.07, 6.45) is 13.7. The van der Waals surface area contributed by atoms with Gasteiger partial charge in [-0.3, -0.25) is 9.98 Å². The molecule has 5 rings (SSSR count). The third kappa shape index (κ3) is 3.18. The van der Waals surface area contributed by atoms with E-state index in [-0.39, 0.29) is 4.90 Å². The van der Waals surface area contributed by atoms with E-state index in [2.05, 4.69) is 45.5 Å². The van der Waals surface area contributed by atoms with Crippen molar-refractivity contribution in [2.24, 2.45) is 10.1 Å². The van der Waals surface area contributed by atoms with Crippen LogP contribution in [-0.4, -0.2) is 31.6 Å². The molecule has 0 saturated heterocycles. The summed E-state index contributed by atoms with van der Waals surface area (Å²) in [7, 11) is -1.74. The number of nitrogens with two attached hydrogens (primary N) is 1. The van der Waals surface area contributed by atoms with Crippen LogP contribution in [0.1, 0.15) is 17.5 Å². The van der Waals surface area contributed by atoms with E-state index in [1.54, 1.807) is 24.7 Å². The molecule has 3 aromatic rings. The number of hydrogen-bond donors (Lipinski definition) is 3. The topological polar surface area (TPSA) is 113 Å². The van der Waals surface area contributed by atoms with Gasteiger partial charge in [0, 0.05) is 18.5 Å². The maximum atomic E-state index is 12.0. The quantitative estimate of drug-likeness (QED) is 0.531. The summed E-state index contributed by atoms with van der Waals surface area (Å²) in [5.74, 6) is 0.939. The van der Waals surface area contributed by atoms with E-state index in [0.29, 0.717) is 10.9 Å². The van der Waals surface area contributed by atoms with E-state index < -0.39 is 15.4 Å². The maximum absolute atomic E-state index is 12.0. The number of anilines is 1. The fourth-order valence-corrected chi connectivity index (χ4v) is 4.99. The lowest BCUT2D eigenvalue weighted by Gasteiger charge is -2.35. The van der Waals surface area contributed by atoms with Crippen LogP contribution in [0.2, 0.25) is 0 Å². The Morgan fingerprint density at radius 3 is 2.72 bits per heavy atom. The predicted octanol–water partition coefficient (Wildman–Crippen LogP) is 3.50. The minimum absolute atomic E-state index is 0.0832. The van der Waals surface area contributed by atoms with Crippen LogP contribution < -0.4 is 14.9 Å². The number of quaternary nitrogens is 1. The zero-order valence-corrected chi connectivity index (χ0v) is 18.3. The molecule has 0 amide bonds. The Morgan fingerprint density at radius 2 is 2.00 bits per heavy atom. The number of nitrogens with zero attached hydrogens (tertiary/aromatic N) is 3. The summed E-state index contributed by atoms with van der Waals surface area (Å²) in [5, 5.41) is 8.76. The molecule has 2 atom stereocenters. The summed E-state index contributed by atoms with van der Waals surface area (Å²) in [4.78, 5) is 11.9. The first-order valence-electron chi connectivity index (χ1n) is 10.1. The van der Waals surface area contributed by atoms with E-state index in [4.69, 9.17) is 5.14 Å². The molecule has 2 unspecified atom stereocenters. The zero-order valence-electron chi connectivity index (χ0n) is 17.4. The summed E-state index contributed by atoms with van der Waals surface area (Å²) < 4.78 is 24.4. The van der Waals surface area contributed by atoms with Crippen LogP contribution in [0, 0.1) is 0 Å². The van der Waals surface area contributed by atoms with Gasteiger partial charge >= 0.3 is 0 Å². The third-order valence-electron chi connectivity index (χ3n) is 6.21. The standard InChI is InChI=1S/C23H23N6O2S/c1-29(22-14-26-16-28-22)11-10-27-20-13-18(6-7-21(20)29)23(8-3-9-25-15-23)17-4-2-5-19(12-17)32(24,30)31/h2-7,9-16,27H,8H2,1H3,(H,26,28)(H2,24,30,31)/q+1. The normalized spacial score (nSPS) is 24.2. The monoisotopic (exact) mass is 447 g/mol. The van der Waals surface area contributed by atoms with Crippen LogP contribution in [0.5, 0.6) is 0 Å². The van der Waals surface area contributed by atoms with Crippen LogP contribution in [0.3, 0.4) is 0 Å². The van der Waals surface area contributed by atoms with Crippen LogP contribution >= 0.6 is 0 Å². The van der Waals surface area contributed by atoms with Gasteiger partial charge in [-0.05, 0) is 35.7 Å². The molecule has 0 bridgehead atoms. The highest BCUT2D eigenvalue weighted by atomic mass is 32.2. The summed E-state index contributed by atoms with van der Waals surface area (Å²) in [6.45, 7) is 0. The van der Waals surface area contributed by atoms with Crippen LogP contribution in [-0.2, 0) is 15.4 Å². The van der Waals surface area contributed by atoms with E-state index in [1.165, 1.54) is 6.07 Å².